The number of hydrogen-bond acceptors (Lipinski definition) is 3. The van der Waals surface area contributed by atoms with Crippen LogP contribution in [0.1, 0.15) is 47.2 Å². The molecule has 0 spiro atoms. The summed E-state index contributed by atoms with van der Waals surface area (Å²) < 4.78 is 34.2. The lowest BCUT2D eigenvalue weighted by Crippen LogP contribution is -2.51. The molecule has 1 saturated carbocycles. The number of halogens is 3. The Kier molecular flexibility index (Phi) is 7.67. The lowest BCUT2D eigenvalue weighted by atomic mass is 9.87. The summed E-state index contributed by atoms with van der Waals surface area (Å²) in [6.45, 7) is 1.29. The molecule has 5 rings (SSSR count). The van der Waals surface area contributed by atoms with Crippen LogP contribution in [0.15, 0.2) is 36.5 Å². The van der Waals surface area contributed by atoms with E-state index in [1.54, 1.807) is 32.3 Å². The highest BCUT2D eigenvalue weighted by molar-refractivity contribution is 5.96. The van der Waals surface area contributed by atoms with Gasteiger partial charge in [0.2, 0.25) is 0 Å². The first-order valence-electron chi connectivity index (χ1n) is 12.1. The number of H-pyrrole nitrogens is 1. The van der Waals surface area contributed by atoms with Gasteiger partial charge in [0.25, 0.3) is 5.91 Å². The second-order valence-electron chi connectivity index (χ2n) is 9.70. The van der Waals surface area contributed by atoms with Crippen LogP contribution in [0.25, 0.3) is 10.9 Å². The average molecular weight is 504 g/mol. The minimum atomic E-state index is -0.412. The molecule has 1 aliphatic carbocycles. The lowest BCUT2D eigenvalue weighted by Gasteiger charge is -2.44. The molecular weight excluding hydrogens is 472 g/mol. The van der Waals surface area contributed by atoms with Crippen molar-refractivity contribution < 1.29 is 18.3 Å². The van der Waals surface area contributed by atoms with Crippen LogP contribution in [0.4, 0.5) is 8.78 Å². The number of hydrogen-bond donors (Lipinski definition) is 1. The Hall–Kier alpha value is -2.64. The van der Waals surface area contributed by atoms with Gasteiger partial charge in [0.05, 0.1) is 0 Å². The molecule has 1 fully saturated rings. The van der Waals surface area contributed by atoms with Crippen molar-refractivity contribution in [3.05, 3.63) is 64.9 Å². The van der Waals surface area contributed by atoms with Crippen LogP contribution in [0.5, 0.6) is 5.75 Å². The Morgan fingerprint density at radius 1 is 1.14 bits per heavy atom. The monoisotopic (exact) mass is 503 g/mol. The molecule has 0 bridgehead atoms. The molecule has 1 N–H and O–H groups in total. The van der Waals surface area contributed by atoms with E-state index in [-0.39, 0.29) is 35.9 Å². The van der Waals surface area contributed by atoms with Gasteiger partial charge in [0, 0.05) is 54.4 Å². The molecule has 1 amide bonds. The average Bonchev–Trinajstić information content (AvgIpc) is 3.18. The van der Waals surface area contributed by atoms with E-state index in [4.69, 9.17) is 4.74 Å². The highest BCUT2D eigenvalue weighted by Gasteiger charge is 2.35. The number of nitrogens with one attached hydrogen (secondary N) is 1. The molecule has 1 aliphatic heterocycles. The van der Waals surface area contributed by atoms with Crippen LogP contribution in [-0.2, 0) is 12.8 Å². The molecule has 1 aromatic heterocycles. The summed E-state index contributed by atoms with van der Waals surface area (Å²) in [6.07, 6.45) is 7.84. The summed E-state index contributed by atoms with van der Waals surface area (Å²) >= 11 is 0. The first kappa shape index (κ1) is 25.5. The first-order chi connectivity index (χ1) is 16.4. The van der Waals surface area contributed by atoms with Gasteiger partial charge in [0.15, 0.2) is 11.6 Å². The van der Waals surface area contributed by atoms with Crippen molar-refractivity contribution in [2.24, 2.45) is 0 Å². The van der Waals surface area contributed by atoms with Crippen molar-refractivity contribution in [2.75, 3.05) is 27.2 Å². The van der Waals surface area contributed by atoms with Gasteiger partial charge in [-0.2, -0.15) is 0 Å². The van der Waals surface area contributed by atoms with E-state index in [1.807, 2.05) is 6.20 Å². The number of carbonyl (C=O) groups excluding carboxylic acids is 1. The number of aromatic amines is 1. The zero-order chi connectivity index (χ0) is 23.8. The van der Waals surface area contributed by atoms with Gasteiger partial charge in [-0.3, -0.25) is 9.69 Å². The number of amides is 1. The Balaban J connectivity index is 0.00000289. The Morgan fingerprint density at radius 3 is 2.66 bits per heavy atom. The summed E-state index contributed by atoms with van der Waals surface area (Å²) in [4.78, 5) is 20.0. The molecule has 2 aromatic carbocycles. The van der Waals surface area contributed by atoms with Crippen LogP contribution in [0, 0.1) is 11.6 Å². The standard InChI is InChI=1S/C27H31F2N3O2.ClH/c1-31(2)27(33)21-9-10-24(29)26-23(21)14-20(16-34-26)32(19-6-3-7-19)12-4-5-17-15-30-25-11-8-18(28)13-22(17)25;/h8-11,13,15,19-20,30H,3-7,12,14,16H2,1-2H3;1H. The number of rotatable bonds is 7. The van der Waals surface area contributed by atoms with Crippen molar-refractivity contribution in [1.29, 1.82) is 0 Å². The van der Waals surface area contributed by atoms with E-state index in [1.165, 1.54) is 23.5 Å². The summed E-state index contributed by atoms with van der Waals surface area (Å²) in [5.74, 6) is -0.552. The normalized spacial score (nSPS) is 17.5. The van der Waals surface area contributed by atoms with E-state index < -0.39 is 5.82 Å². The molecule has 0 saturated heterocycles. The molecule has 2 heterocycles. The number of nitrogens with zero attached hydrogens (tertiary/aromatic N) is 2. The minimum absolute atomic E-state index is 0. The van der Waals surface area contributed by atoms with Gasteiger partial charge in [-0.15, -0.1) is 12.4 Å². The van der Waals surface area contributed by atoms with E-state index >= 15 is 0 Å². The number of carbonyl (C=O) groups is 1. The largest absolute Gasteiger partial charge is 0.489 e. The topological polar surface area (TPSA) is 48.6 Å². The zero-order valence-corrected chi connectivity index (χ0v) is 21.0. The molecule has 1 unspecified atom stereocenters. The van der Waals surface area contributed by atoms with Crippen LogP contribution in [0.3, 0.4) is 0 Å². The van der Waals surface area contributed by atoms with Gasteiger partial charge < -0.3 is 14.6 Å². The SMILES string of the molecule is CN(C)C(=O)c1ccc(F)c2c1CC(N(CCCc1c[nH]c3ccc(F)cc13)C1CCC1)CO2.Cl. The van der Waals surface area contributed by atoms with Crippen LogP contribution >= 0.6 is 12.4 Å². The first-order valence-corrected chi connectivity index (χ1v) is 12.1. The summed E-state index contributed by atoms with van der Waals surface area (Å²) in [5, 5.41) is 0.937. The maximum atomic E-state index is 14.5. The molecule has 5 nitrogen and oxygen atoms in total. The van der Waals surface area contributed by atoms with Crippen molar-refractivity contribution in [1.82, 2.24) is 14.8 Å². The number of aromatic nitrogens is 1. The number of benzene rings is 2. The third-order valence-corrected chi connectivity index (χ3v) is 7.31. The Morgan fingerprint density at radius 2 is 1.94 bits per heavy atom. The molecule has 3 aromatic rings. The van der Waals surface area contributed by atoms with Crippen LogP contribution < -0.4 is 4.74 Å². The molecule has 35 heavy (non-hydrogen) atoms. The Labute approximate surface area is 210 Å². The van der Waals surface area contributed by atoms with Gasteiger partial charge in [-0.05, 0) is 74.5 Å². The highest BCUT2D eigenvalue weighted by Crippen LogP contribution is 2.36. The van der Waals surface area contributed by atoms with E-state index in [0.717, 1.165) is 48.7 Å². The smallest absolute Gasteiger partial charge is 0.253 e. The second kappa shape index (κ2) is 10.5. The molecule has 1 atom stereocenters. The summed E-state index contributed by atoms with van der Waals surface area (Å²) in [6, 6.07) is 8.31. The van der Waals surface area contributed by atoms with Crippen molar-refractivity contribution in [3.63, 3.8) is 0 Å². The fraction of sp³-hybridized carbons (Fsp3) is 0.444. The minimum Gasteiger partial charge on any atom is -0.489 e. The predicted molar refractivity (Wildman–Crippen MR) is 136 cm³/mol. The highest BCUT2D eigenvalue weighted by atomic mass is 35.5. The van der Waals surface area contributed by atoms with Gasteiger partial charge >= 0.3 is 0 Å². The molecule has 2 aliphatic rings. The molecule has 8 heteroatoms. The third kappa shape index (κ3) is 5.02. The van der Waals surface area contributed by atoms with Gasteiger partial charge in [-0.25, -0.2) is 8.78 Å². The number of aryl methyl sites for hydroxylation is 1. The maximum Gasteiger partial charge on any atom is 0.253 e. The molecule has 188 valence electrons. The summed E-state index contributed by atoms with van der Waals surface area (Å²) in [7, 11) is 3.41. The van der Waals surface area contributed by atoms with Crippen molar-refractivity contribution in [2.45, 2.75) is 50.6 Å². The van der Waals surface area contributed by atoms with Crippen LogP contribution in [0.2, 0.25) is 0 Å². The zero-order valence-electron chi connectivity index (χ0n) is 20.2. The quantitative estimate of drug-likeness (QED) is 0.472. The van der Waals surface area contributed by atoms with Crippen molar-refractivity contribution >= 4 is 29.2 Å². The lowest BCUT2D eigenvalue weighted by molar-refractivity contribution is 0.0420. The van der Waals surface area contributed by atoms with E-state index in [0.29, 0.717) is 30.2 Å². The summed E-state index contributed by atoms with van der Waals surface area (Å²) in [5.41, 5.74) is 3.26. The van der Waals surface area contributed by atoms with Crippen LogP contribution in [-0.4, -0.2) is 60.0 Å². The number of fused-ring (bicyclic) bond motifs is 2. The van der Waals surface area contributed by atoms with E-state index in [9.17, 15) is 13.6 Å². The second-order valence-corrected chi connectivity index (χ2v) is 9.70. The van der Waals surface area contributed by atoms with Gasteiger partial charge in [-0.1, -0.05) is 6.42 Å². The van der Waals surface area contributed by atoms with Gasteiger partial charge in [0.1, 0.15) is 12.4 Å². The van der Waals surface area contributed by atoms with E-state index in [2.05, 4.69) is 9.88 Å². The fourth-order valence-corrected chi connectivity index (χ4v) is 5.28. The predicted octanol–water partition coefficient (Wildman–Crippen LogP) is 5.36. The fourth-order valence-electron chi connectivity index (χ4n) is 5.28. The third-order valence-electron chi connectivity index (χ3n) is 7.31. The van der Waals surface area contributed by atoms with Crippen molar-refractivity contribution in [3.8, 4) is 5.75 Å². The molecular formula is C27H32ClF2N3O2. The maximum absolute atomic E-state index is 14.5. The number of ether oxygens (including phenoxy) is 1. The Bertz CT molecular complexity index is 1210. The molecule has 0 radical (unpaired) electrons.